The van der Waals surface area contributed by atoms with E-state index < -0.39 is 0 Å². The average molecular weight is 349 g/mol. The van der Waals surface area contributed by atoms with Crippen molar-refractivity contribution in [2.24, 2.45) is 4.99 Å². The van der Waals surface area contributed by atoms with Gasteiger partial charge >= 0.3 is 0 Å². The molecule has 0 saturated carbocycles. The van der Waals surface area contributed by atoms with Gasteiger partial charge in [-0.15, -0.1) is 0 Å². The lowest BCUT2D eigenvalue weighted by molar-refractivity contribution is 0.211. The van der Waals surface area contributed by atoms with E-state index in [0.29, 0.717) is 6.61 Å². The lowest BCUT2D eigenvalue weighted by atomic mass is 10.2. The number of hydrogen-bond donors (Lipinski definition) is 0. The number of nitrogens with zero attached hydrogens (tertiary/aromatic N) is 1. The summed E-state index contributed by atoms with van der Waals surface area (Å²) in [6, 6.07) is 16.2. The second-order valence-corrected chi connectivity index (χ2v) is 5.43. The van der Waals surface area contributed by atoms with E-state index in [4.69, 9.17) is 4.74 Å². The summed E-state index contributed by atoms with van der Waals surface area (Å²) in [6.45, 7) is 4.55. The molecule has 26 heavy (non-hydrogen) atoms. The lowest BCUT2D eigenvalue weighted by Crippen LogP contribution is -1.90. The van der Waals surface area contributed by atoms with E-state index in [-0.39, 0.29) is 5.82 Å². The first kappa shape index (κ1) is 19.4. The maximum Gasteiger partial charge on any atom is 0.123 e. The van der Waals surface area contributed by atoms with Crippen LogP contribution in [0.4, 0.5) is 10.1 Å². The molecule has 1 aliphatic carbocycles. The topological polar surface area (TPSA) is 21.6 Å². The number of allylic oxidation sites excluding steroid dienone is 5. The molecule has 134 valence electrons. The second-order valence-electron chi connectivity index (χ2n) is 5.43. The molecule has 0 heterocycles. The third-order valence-electron chi connectivity index (χ3n) is 3.55. The predicted octanol–water partition coefficient (Wildman–Crippen LogP) is 6.54. The lowest BCUT2D eigenvalue weighted by Gasteiger charge is -2.05. The molecular formula is C23H24FNO. The molecule has 0 unspecified atom stereocenters. The minimum absolute atomic E-state index is 0.256. The fourth-order valence-electron chi connectivity index (χ4n) is 2.24. The zero-order chi connectivity index (χ0) is 18.6. The zero-order valence-corrected chi connectivity index (χ0v) is 15.2. The van der Waals surface area contributed by atoms with Crippen LogP contribution in [0.25, 0.3) is 0 Å². The first-order valence-corrected chi connectivity index (χ1v) is 8.83. The highest BCUT2D eigenvalue weighted by atomic mass is 19.1. The van der Waals surface area contributed by atoms with Gasteiger partial charge < -0.3 is 4.74 Å². The van der Waals surface area contributed by atoms with Crippen LogP contribution in [-0.4, -0.2) is 6.21 Å². The average Bonchev–Trinajstić information content (AvgIpc) is 2.94. The van der Waals surface area contributed by atoms with Crippen LogP contribution < -0.4 is 0 Å². The Balaban J connectivity index is 0.00000117. The number of aliphatic imine (C=N–C) groups is 1. The van der Waals surface area contributed by atoms with Gasteiger partial charge in [0.1, 0.15) is 18.2 Å². The molecular weight excluding hydrogens is 325 g/mol. The normalized spacial score (nSPS) is 13.3. The van der Waals surface area contributed by atoms with Crippen LogP contribution in [0.1, 0.15) is 25.8 Å². The fraction of sp³-hybridized carbons (Fsp3) is 0.174. The van der Waals surface area contributed by atoms with Crippen molar-refractivity contribution in [1.82, 2.24) is 0 Å². The van der Waals surface area contributed by atoms with E-state index in [1.807, 2.05) is 68.5 Å². The highest BCUT2D eigenvalue weighted by Crippen LogP contribution is 2.16. The number of rotatable bonds is 5. The van der Waals surface area contributed by atoms with E-state index in [0.717, 1.165) is 29.0 Å². The molecule has 0 amide bonds. The summed E-state index contributed by atoms with van der Waals surface area (Å²) >= 11 is 0. The van der Waals surface area contributed by atoms with Crippen LogP contribution in [0, 0.1) is 5.82 Å². The molecule has 0 N–H and O–H groups in total. The molecule has 0 fully saturated rings. The Morgan fingerprint density at radius 2 is 1.73 bits per heavy atom. The number of ether oxygens (including phenoxy) is 1. The Labute approximate surface area is 155 Å². The summed E-state index contributed by atoms with van der Waals surface area (Å²) in [7, 11) is 0. The summed E-state index contributed by atoms with van der Waals surface area (Å²) in [4.78, 5) is 4.37. The molecule has 0 radical (unpaired) electrons. The third kappa shape index (κ3) is 6.52. The summed E-state index contributed by atoms with van der Waals surface area (Å²) in [6.07, 6.45) is 10.5. The first-order valence-electron chi connectivity index (χ1n) is 8.83. The van der Waals surface area contributed by atoms with Gasteiger partial charge in [0.15, 0.2) is 0 Å². The first-order chi connectivity index (χ1) is 12.8. The van der Waals surface area contributed by atoms with Crippen LogP contribution in [-0.2, 0) is 11.3 Å². The van der Waals surface area contributed by atoms with Gasteiger partial charge in [-0.1, -0.05) is 56.3 Å². The highest BCUT2D eigenvalue weighted by molar-refractivity contribution is 5.82. The molecule has 0 spiro atoms. The van der Waals surface area contributed by atoms with Crippen molar-refractivity contribution in [3.8, 4) is 0 Å². The molecule has 0 atom stereocenters. The summed E-state index contributed by atoms with van der Waals surface area (Å²) < 4.78 is 18.7. The summed E-state index contributed by atoms with van der Waals surface area (Å²) in [5.74, 6) is 0.567. The summed E-state index contributed by atoms with van der Waals surface area (Å²) in [5.41, 5.74) is 2.93. The van der Waals surface area contributed by atoms with Gasteiger partial charge in [-0.3, -0.25) is 4.99 Å². The number of halogens is 1. The molecule has 0 bridgehead atoms. The van der Waals surface area contributed by atoms with Crippen molar-refractivity contribution in [2.75, 3.05) is 0 Å². The molecule has 0 aromatic heterocycles. The maximum absolute atomic E-state index is 12.9. The van der Waals surface area contributed by atoms with Crippen molar-refractivity contribution in [2.45, 2.75) is 26.9 Å². The minimum Gasteiger partial charge on any atom is -0.489 e. The van der Waals surface area contributed by atoms with Crippen molar-refractivity contribution in [3.63, 3.8) is 0 Å². The second kappa shape index (κ2) is 10.8. The zero-order valence-electron chi connectivity index (χ0n) is 15.2. The van der Waals surface area contributed by atoms with E-state index in [1.54, 1.807) is 18.3 Å². The predicted molar refractivity (Wildman–Crippen MR) is 107 cm³/mol. The Morgan fingerprint density at radius 3 is 2.46 bits per heavy atom. The van der Waals surface area contributed by atoms with Gasteiger partial charge in [0.2, 0.25) is 0 Å². The van der Waals surface area contributed by atoms with E-state index in [2.05, 4.69) is 4.99 Å². The largest absolute Gasteiger partial charge is 0.489 e. The van der Waals surface area contributed by atoms with Crippen LogP contribution in [0.2, 0.25) is 0 Å². The van der Waals surface area contributed by atoms with E-state index in [9.17, 15) is 4.39 Å². The van der Waals surface area contributed by atoms with Gasteiger partial charge in [0.25, 0.3) is 0 Å². The molecule has 3 heteroatoms. The molecule has 2 aromatic rings. The summed E-state index contributed by atoms with van der Waals surface area (Å²) in [5, 5.41) is 0. The van der Waals surface area contributed by atoms with Crippen LogP contribution in [0.3, 0.4) is 0 Å². The molecule has 0 aliphatic heterocycles. The molecule has 2 aromatic carbocycles. The monoisotopic (exact) mass is 349 g/mol. The Bertz CT molecular complexity index is 787. The molecule has 2 nitrogen and oxygen atoms in total. The van der Waals surface area contributed by atoms with E-state index in [1.165, 1.54) is 12.1 Å². The third-order valence-corrected chi connectivity index (χ3v) is 3.55. The van der Waals surface area contributed by atoms with E-state index >= 15 is 0 Å². The van der Waals surface area contributed by atoms with Crippen LogP contribution >= 0.6 is 0 Å². The number of benzene rings is 2. The molecule has 3 rings (SSSR count). The van der Waals surface area contributed by atoms with Crippen LogP contribution in [0.5, 0.6) is 0 Å². The van der Waals surface area contributed by atoms with Gasteiger partial charge in [-0.2, -0.15) is 0 Å². The minimum atomic E-state index is -0.256. The SMILES string of the molecule is CC.Fc1ccc(N=CC2=CC=C(OCc3ccccc3)C=CC2)cc1. The van der Waals surface area contributed by atoms with Gasteiger partial charge in [-0.05, 0) is 54.0 Å². The quantitative estimate of drug-likeness (QED) is 0.562. The number of hydrogen-bond acceptors (Lipinski definition) is 2. The van der Waals surface area contributed by atoms with Crippen LogP contribution in [0.15, 0.2) is 95.2 Å². The molecule has 1 aliphatic rings. The fourth-order valence-corrected chi connectivity index (χ4v) is 2.24. The standard InChI is InChI=1S/C21H18FNO.C2H6/c22-19-10-12-20(13-11-19)23-15-17-7-4-8-21(14-9-17)24-16-18-5-2-1-3-6-18;1-2/h1-6,8-15H,7,16H2;1-2H3. The van der Waals surface area contributed by atoms with Crippen molar-refractivity contribution >= 4 is 11.9 Å². The smallest absolute Gasteiger partial charge is 0.123 e. The van der Waals surface area contributed by atoms with Crippen molar-refractivity contribution in [3.05, 3.63) is 102 Å². The van der Waals surface area contributed by atoms with Gasteiger partial charge in [0, 0.05) is 6.21 Å². The highest BCUT2D eigenvalue weighted by Gasteiger charge is 2.00. The van der Waals surface area contributed by atoms with Crippen molar-refractivity contribution in [1.29, 1.82) is 0 Å². The maximum atomic E-state index is 12.9. The van der Waals surface area contributed by atoms with Gasteiger partial charge in [0.05, 0.1) is 5.69 Å². The Kier molecular flexibility index (Phi) is 8.07. The Morgan fingerprint density at radius 1 is 1.00 bits per heavy atom. The Hall–Kier alpha value is -2.94. The van der Waals surface area contributed by atoms with Gasteiger partial charge in [-0.25, -0.2) is 4.39 Å². The molecule has 0 saturated heterocycles. The van der Waals surface area contributed by atoms with Crippen molar-refractivity contribution < 1.29 is 9.13 Å².